The molecule has 1 aromatic carbocycles. The smallest absolute Gasteiger partial charge is 0.119 e. The quantitative estimate of drug-likeness (QED) is 0.590. The zero-order valence-corrected chi connectivity index (χ0v) is 7.20. The number of aliphatic hydroxyl groups is 2. The van der Waals surface area contributed by atoms with E-state index in [1.165, 1.54) is 0 Å². The van der Waals surface area contributed by atoms with Crippen LogP contribution in [0.4, 0.5) is 0 Å². The van der Waals surface area contributed by atoms with E-state index >= 15 is 0 Å². The van der Waals surface area contributed by atoms with E-state index in [1.54, 1.807) is 18.2 Å². The summed E-state index contributed by atoms with van der Waals surface area (Å²) in [6, 6.07) is 5.03. The van der Waals surface area contributed by atoms with E-state index in [2.05, 4.69) is 0 Å². The van der Waals surface area contributed by atoms with Gasteiger partial charge in [-0.2, -0.15) is 0 Å². The lowest BCUT2D eigenvalue weighted by Gasteiger charge is -2.20. The molecule has 3 nitrogen and oxygen atoms in total. The van der Waals surface area contributed by atoms with E-state index in [1.807, 2.05) is 0 Å². The molecule has 2 rings (SSSR count). The second-order valence-electron chi connectivity index (χ2n) is 3.49. The molecule has 70 valence electrons. The van der Waals surface area contributed by atoms with Crippen LogP contribution >= 0.6 is 0 Å². The van der Waals surface area contributed by atoms with Crippen molar-refractivity contribution in [1.82, 2.24) is 0 Å². The van der Waals surface area contributed by atoms with E-state index < -0.39 is 5.60 Å². The molecule has 1 aliphatic rings. The first kappa shape index (κ1) is 8.53. The first-order valence-electron chi connectivity index (χ1n) is 4.32. The lowest BCUT2D eigenvalue weighted by atomic mass is 9.97. The minimum Gasteiger partial charge on any atom is -0.508 e. The Bertz CT molecular complexity index is 335. The Hall–Kier alpha value is -1.06. The van der Waals surface area contributed by atoms with Crippen molar-refractivity contribution >= 4 is 0 Å². The molecule has 0 radical (unpaired) electrons. The molecule has 0 spiro atoms. The lowest BCUT2D eigenvalue weighted by molar-refractivity contribution is -0.0172. The molecule has 13 heavy (non-hydrogen) atoms. The minimum absolute atomic E-state index is 0.210. The van der Waals surface area contributed by atoms with Crippen LogP contribution in [0.25, 0.3) is 0 Å². The Balaban J connectivity index is 2.55. The number of hydrogen-bond acceptors (Lipinski definition) is 3. The van der Waals surface area contributed by atoms with Gasteiger partial charge in [0.05, 0.1) is 6.61 Å². The molecule has 0 aromatic heterocycles. The first-order valence-corrected chi connectivity index (χ1v) is 4.32. The summed E-state index contributed by atoms with van der Waals surface area (Å²) in [5, 5.41) is 28.4. The van der Waals surface area contributed by atoms with Gasteiger partial charge in [0.15, 0.2) is 0 Å². The summed E-state index contributed by atoms with van der Waals surface area (Å²) in [7, 11) is 0. The van der Waals surface area contributed by atoms with E-state index in [-0.39, 0.29) is 12.4 Å². The van der Waals surface area contributed by atoms with E-state index in [4.69, 9.17) is 5.11 Å². The first-order chi connectivity index (χ1) is 6.17. The molecule has 0 fully saturated rings. The third-order valence-electron chi connectivity index (χ3n) is 2.70. The van der Waals surface area contributed by atoms with Crippen LogP contribution in [0.2, 0.25) is 0 Å². The van der Waals surface area contributed by atoms with Crippen LogP contribution in [0.3, 0.4) is 0 Å². The molecule has 0 saturated heterocycles. The third-order valence-corrected chi connectivity index (χ3v) is 2.70. The molecule has 1 aliphatic carbocycles. The highest BCUT2D eigenvalue weighted by atomic mass is 16.3. The van der Waals surface area contributed by atoms with Crippen molar-refractivity contribution in [3.63, 3.8) is 0 Å². The molecule has 0 saturated carbocycles. The summed E-state index contributed by atoms with van der Waals surface area (Å²) >= 11 is 0. The van der Waals surface area contributed by atoms with Gasteiger partial charge >= 0.3 is 0 Å². The van der Waals surface area contributed by atoms with Crippen LogP contribution in [-0.4, -0.2) is 21.9 Å². The highest BCUT2D eigenvalue weighted by Gasteiger charge is 2.37. The second kappa shape index (κ2) is 2.72. The minimum atomic E-state index is -1.14. The fraction of sp³-hybridized carbons (Fsp3) is 0.400. The number of aliphatic hydroxyl groups excluding tert-OH is 1. The van der Waals surface area contributed by atoms with Gasteiger partial charge in [0.2, 0.25) is 0 Å². The van der Waals surface area contributed by atoms with E-state index in [0.29, 0.717) is 18.4 Å². The zero-order chi connectivity index (χ0) is 9.47. The van der Waals surface area contributed by atoms with Gasteiger partial charge in [0, 0.05) is 5.56 Å². The van der Waals surface area contributed by atoms with E-state index in [9.17, 15) is 10.2 Å². The summed E-state index contributed by atoms with van der Waals surface area (Å²) in [6.45, 7) is -0.288. The molecule has 3 N–H and O–H groups in total. The average Bonchev–Trinajstić information content (AvgIpc) is 2.47. The molecule has 1 atom stereocenters. The van der Waals surface area contributed by atoms with Crippen LogP contribution in [-0.2, 0) is 12.0 Å². The lowest BCUT2D eigenvalue weighted by Crippen LogP contribution is -2.26. The average molecular weight is 180 g/mol. The summed E-state index contributed by atoms with van der Waals surface area (Å²) in [5.41, 5.74) is 0.280. The summed E-state index contributed by atoms with van der Waals surface area (Å²) < 4.78 is 0. The van der Waals surface area contributed by atoms with Gasteiger partial charge in [0.25, 0.3) is 0 Å². The van der Waals surface area contributed by atoms with Crippen LogP contribution in [0.1, 0.15) is 17.5 Å². The van der Waals surface area contributed by atoms with Crippen LogP contribution < -0.4 is 0 Å². The summed E-state index contributed by atoms with van der Waals surface area (Å²) in [5.74, 6) is 0.210. The Kier molecular flexibility index (Phi) is 1.78. The molecule has 1 aromatic rings. The molecule has 1 unspecified atom stereocenters. The fourth-order valence-corrected chi connectivity index (χ4v) is 1.90. The molecule has 0 amide bonds. The maximum Gasteiger partial charge on any atom is 0.119 e. The molecular formula is C10H12O3. The number of fused-ring (bicyclic) bond motifs is 1. The topological polar surface area (TPSA) is 60.7 Å². The van der Waals surface area contributed by atoms with Crippen LogP contribution in [0.5, 0.6) is 5.75 Å². The summed E-state index contributed by atoms with van der Waals surface area (Å²) in [6.07, 6.45) is 1.11. The number of phenols is 1. The second-order valence-corrected chi connectivity index (χ2v) is 3.49. The standard InChI is InChI=1S/C10H12O3/c11-6-10(13)5-4-7-8(10)2-1-3-9(7)12/h1-3,11-13H,4-6H2. The maximum atomic E-state index is 9.92. The summed E-state index contributed by atoms with van der Waals surface area (Å²) in [4.78, 5) is 0. The third kappa shape index (κ3) is 1.12. The van der Waals surface area contributed by atoms with Gasteiger partial charge in [0.1, 0.15) is 11.4 Å². The number of hydrogen-bond donors (Lipinski definition) is 3. The Labute approximate surface area is 76.3 Å². The number of benzene rings is 1. The van der Waals surface area contributed by atoms with Gasteiger partial charge in [-0.3, -0.25) is 0 Å². The van der Waals surface area contributed by atoms with Gasteiger partial charge in [-0.05, 0) is 24.5 Å². The fourth-order valence-electron chi connectivity index (χ4n) is 1.90. The Morgan fingerprint density at radius 3 is 2.85 bits per heavy atom. The largest absolute Gasteiger partial charge is 0.508 e. The Morgan fingerprint density at radius 2 is 2.15 bits per heavy atom. The highest BCUT2D eigenvalue weighted by Crippen LogP contribution is 2.40. The van der Waals surface area contributed by atoms with Gasteiger partial charge in [-0.25, -0.2) is 0 Å². The van der Waals surface area contributed by atoms with Crippen LogP contribution in [0.15, 0.2) is 18.2 Å². The monoisotopic (exact) mass is 180 g/mol. The van der Waals surface area contributed by atoms with Gasteiger partial charge in [-0.1, -0.05) is 12.1 Å². The van der Waals surface area contributed by atoms with Crippen molar-refractivity contribution in [3.05, 3.63) is 29.3 Å². The predicted octanol–water partition coefficient (Wildman–Crippen LogP) is 0.518. The van der Waals surface area contributed by atoms with Crippen LogP contribution in [0, 0.1) is 0 Å². The van der Waals surface area contributed by atoms with Crippen molar-refractivity contribution in [1.29, 1.82) is 0 Å². The van der Waals surface area contributed by atoms with E-state index in [0.717, 1.165) is 5.56 Å². The highest BCUT2D eigenvalue weighted by molar-refractivity contribution is 5.45. The molecule has 3 heteroatoms. The predicted molar refractivity (Wildman–Crippen MR) is 47.4 cm³/mol. The van der Waals surface area contributed by atoms with Gasteiger partial charge < -0.3 is 15.3 Å². The molecule has 0 aliphatic heterocycles. The molecule has 0 bridgehead atoms. The zero-order valence-electron chi connectivity index (χ0n) is 7.20. The number of rotatable bonds is 1. The van der Waals surface area contributed by atoms with Crippen molar-refractivity contribution in [2.75, 3.05) is 6.61 Å². The van der Waals surface area contributed by atoms with Crippen molar-refractivity contribution in [2.45, 2.75) is 18.4 Å². The molecule has 0 heterocycles. The molecular weight excluding hydrogens is 168 g/mol. The number of aromatic hydroxyl groups is 1. The van der Waals surface area contributed by atoms with Crippen molar-refractivity contribution < 1.29 is 15.3 Å². The normalized spacial score (nSPS) is 26.0. The van der Waals surface area contributed by atoms with Crippen molar-refractivity contribution in [3.8, 4) is 5.75 Å². The van der Waals surface area contributed by atoms with Gasteiger partial charge in [-0.15, -0.1) is 0 Å². The number of phenolic OH excluding ortho intramolecular Hbond substituents is 1. The van der Waals surface area contributed by atoms with Crippen molar-refractivity contribution in [2.24, 2.45) is 0 Å². The Morgan fingerprint density at radius 1 is 1.38 bits per heavy atom. The maximum absolute atomic E-state index is 9.92. The SMILES string of the molecule is OCC1(O)CCc2c(O)cccc21.